The Bertz CT molecular complexity index is 615. The van der Waals surface area contributed by atoms with Gasteiger partial charge in [-0.2, -0.15) is 0 Å². The highest BCUT2D eigenvalue weighted by atomic mass is 16.7. The third-order valence-corrected chi connectivity index (χ3v) is 2.90. The summed E-state index contributed by atoms with van der Waals surface area (Å²) in [5.41, 5.74) is 0.870. The second kappa shape index (κ2) is 7.53. The van der Waals surface area contributed by atoms with E-state index >= 15 is 0 Å². The summed E-state index contributed by atoms with van der Waals surface area (Å²) < 4.78 is 0. The molecular weight excluding hydrogens is 298 g/mol. The van der Waals surface area contributed by atoms with Gasteiger partial charge in [-0.05, 0) is 44.5 Å². The van der Waals surface area contributed by atoms with Crippen molar-refractivity contribution in [3.8, 4) is 0 Å². The van der Waals surface area contributed by atoms with Crippen LogP contribution in [-0.2, 0) is 14.4 Å². The zero-order valence-corrected chi connectivity index (χ0v) is 13.9. The zero-order chi connectivity index (χ0) is 17.6. The molecule has 0 aliphatic rings. The largest absolute Gasteiger partial charge is 0.345 e. The summed E-state index contributed by atoms with van der Waals surface area (Å²) in [6, 6.07) is 6.85. The van der Waals surface area contributed by atoms with Gasteiger partial charge in [0.25, 0.3) is 5.91 Å². The highest BCUT2D eigenvalue weighted by molar-refractivity contribution is 5.96. The lowest BCUT2D eigenvalue weighted by Gasteiger charge is -2.20. The zero-order valence-electron chi connectivity index (χ0n) is 13.9. The summed E-state index contributed by atoms with van der Waals surface area (Å²) in [5.74, 6) is -0.836. The van der Waals surface area contributed by atoms with Crippen LogP contribution in [0.4, 0.5) is 5.69 Å². The van der Waals surface area contributed by atoms with Crippen LogP contribution < -0.4 is 10.2 Å². The van der Waals surface area contributed by atoms with Crippen LogP contribution in [0.2, 0.25) is 0 Å². The smallest absolute Gasteiger partial charge is 0.290 e. The topological polar surface area (TPSA) is 88.1 Å². The van der Waals surface area contributed by atoms with Gasteiger partial charge in [0, 0.05) is 25.2 Å². The third kappa shape index (κ3) is 5.90. The fourth-order valence-electron chi connectivity index (χ4n) is 1.70. The van der Waals surface area contributed by atoms with Crippen molar-refractivity contribution in [1.82, 2.24) is 5.32 Å². The van der Waals surface area contributed by atoms with E-state index in [4.69, 9.17) is 0 Å². The van der Waals surface area contributed by atoms with Crippen molar-refractivity contribution < 1.29 is 14.4 Å². The van der Waals surface area contributed by atoms with E-state index in [1.54, 1.807) is 31.3 Å². The number of amides is 2. The number of carbonyl (C=O) groups is 2. The fourth-order valence-corrected chi connectivity index (χ4v) is 1.70. The Morgan fingerprint density at radius 2 is 1.78 bits per heavy atom. The number of nitrogens with one attached hydrogen (secondary N) is 1. The minimum absolute atomic E-state index is 0.0907. The van der Waals surface area contributed by atoms with E-state index in [9.17, 15) is 14.5 Å². The number of hydrogen-bond acceptors (Lipinski definition) is 5. The Hall–Kier alpha value is -2.70. The molecule has 1 aromatic rings. The first-order valence-electron chi connectivity index (χ1n) is 7.02. The standard InChI is InChI=1S/C16H21N3O4/c1-11(20)19(5)13-8-6-12(7-9-13)10-14(23-18-22)15(21)17-16(2,3)4/h6-10H,1-5H3,(H,17,21)/b14-10+. The van der Waals surface area contributed by atoms with Gasteiger partial charge in [-0.1, -0.05) is 12.1 Å². The van der Waals surface area contributed by atoms with E-state index in [2.05, 4.69) is 15.5 Å². The molecule has 0 radical (unpaired) electrons. The summed E-state index contributed by atoms with van der Waals surface area (Å²) in [6.45, 7) is 6.89. The molecule has 0 unspecified atom stereocenters. The summed E-state index contributed by atoms with van der Waals surface area (Å²) in [7, 11) is 1.66. The predicted molar refractivity (Wildman–Crippen MR) is 88.3 cm³/mol. The summed E-state index contributed by atoms with van der Waals surface area (Å²) in [5, 5.41) is 5.01. The lowest BCUT2D eigenvalue weighted by atomic mass is 10.1. The molecule has 0 saturated carbocycles. The summed E-state index contributed by atoms with van der Waals surface area (Å²) in [6.07, 6.45) is 1.40. The third-order valence-electron chi connectivity index (χ3n) is 2.90. The van der Waals surface area contributed by atoms with Gasteiger partial charge in [0.05, 0.1) is 0 Å². The average molecular weight is 319 g/mol. The molecule has 1 N–H and O–H groups in total. The molecule has 0 atom stereocenters. The maximum absolute atomic E-state index is 12.1. The van der Waals surface area contributed by atoms with Crippen LogP contribution >= 0.6 is 0 Å². The normalized spacial score (nSPS) is 11.6. The molecule has 0 aromatic heterocycles. The van der Waals surface area contributed by atoms with E-state index in [0.717, 1.165) is 0 Å². The predicted octanol–water partition coefficient (Wildman–Crippen LogP) is 2.62. The van der Waals surface area contributed by atoms with Crippen LogP contribution in [0.25, 0.3) is 6.08 Å². The Morgan fingerprint density at radius 3 is 2.22 bits per heavy atom. The molecule has 0 bridgehead atoms. The van der Waals surface area contributed by atoms with E-state index in [-0.39, 0.29) is 11.7 Å². The fraction of sp³-hybridized carbons (Fsp3) is 0.375. The molecule has 124 valence electrons. The lowest BCUT2D eigenvalue weighted by Crippen LogP contribution is -2.41. The van der Waals surface area contributed by atoms with Gasteiger partial charge in [-0.15, -0.1) is 4.91 Å². The highest BCUT2D eigenvalue weighted by Gasteiger charge is 2.19. The molecule has 2 amide bonds. The van der Waals surface area contributed by atoms with E-state index in [1.807, 2.05) is 20.8 Å². The van der Waals surface area contributed by atoms with Gasteiger partial charge < -0.3 is 15.1 Å². The summed E-state index contributed by atoms with van der Waals surface area (Å²) >= 11 is 0. The average Bonchev–Trinajstić information content (AvgIpc) is 2.45. The van der Waals surface area contributed by atoms with E-state index in [0.29, 0.717) is 11.3 Å². The Labute approximate surface area is 135 Å². The first-order chi connectivity index (χ1) is 10.6. The van der Waals surface area contributed by atoms with Gasteiger partial charge in [0.2, 0.25) is 11.7 Å². The monoisotopic (exact) mass is 319 g/mol. The number of benzene rings is 1. The van der Waals surface area contributed by atoms with E-state index in [1.165, 1.54) is 17.9 Å². The number of nitrogens with zero attached hydrogens (tertiary/aromatic N) is 2. The van der Waals surface area contributed by atoms with Crippen LogP contribution in [0.1, 0.15) is 33.3 Å². The van der Waals surface area contributed by atoms with Gasteiger partial charge >= 0.3 is 0 Å². The maximum Gasteiger partial charge on any atom is 0.290 e. The molecule has 1 aromatic carbocycles. The van der Waals surface area contributed by atoms with Crippen molar-refractivity contribution in [3.05, 3.63) is 40.5 Å². The van der Waals surface area contributed by atoms with Crippen molar-refractivity contribution in [1.29, 1.82) is 0 Å². The minimum Gasteiger partial charge on any atom is -0.345 e. The van der Waals surface area contributed by atoms with Crippen molar-refractivity contribution in [3.63, 3.8) is 0 Å². The van der Waals surface area contributed by atoms with Crippen LogP contribution in [0.3, 0.4) is 0 Å². The lowest BCUT2D eigenvalue weighted by molar-refractivity contribution is -0.122. The van der Waals surface area contributed by atoms with Crippen LogP contribution in [0.15, 0.2) is 35.4 Å². The second-order valence-corrected chi connectivity index (χ2v) is 6.05. The molecule has 7 nitrogen and oxygen atoms in total. The SMILES string of the molecule is CC(=O)N(C)c1ccc(/C=C(/ON=O)C(=O)NC(C)(C)C)cc1. The second-order valence-electron chi connectivity index (χ2n) is 6.05. The van der Waals surface area contributed by atoms with Crippen molar-refractivity contribution in [2.75, 3.05) is 11.9 Å². The number of hydrogen-bond donors (Lipinski definition) is 1. The summed E-state index contributed by atoms with van der Waals surface area (Å²) in [4.78, 5) is 39.7. The van der Waals surface area contributed by atoms with Gasteiger partial charge in [0.15, 0.2) is 5.34 Å². The first kappa shape index (κ1) is 18.3. The number of anilines is 1. The molecule has 0 heterocycles. The minimum atomic E-state index is -0.540. The Balaban J connectivity index is 3.01. The molecule has 0 saturated heterocycles. The molecule has 0 aliphatic heterocycles. The number of carbonyl (C=O) groups excluding carboxylic acids is 2. The molecular formula is C16H21N3O4. The molecule has 0 aliphatic carbocycles. The van der Waals surface area contributed by atoms with Crippen molar-refractivity contribution in [2.45, 2.75) is 33.2 Å². The Morgan fingerprint density at radius 1 is 1.22 bits per heavy atom. The van der Waals surface area contributed by atoms with Gasteiger partial charge in [0.1, 0.15) is 0 Å². The highest BCUT2D eigenvalue weighted by Crippen LogP contribution is 2.17. The molecule has 0 fully saturated rings. The quantitative estimate of drug-likeness (QED) is 0.391. The molecule has 7 heteroatoms. The maximum atomic E-state index is 12.1. The molecule has 1 rings (SSSR count). The van der Waals surface area contributed by atoms with Crippen molar-refractivity contribution >= 4 is 23.6 Å². The van der Waals surface area contributed by atoms with Crippen LogP contribution in [0.5, 0.6) is 0 Å². The van der Waals surface area contributed by atoms with Crippen LogP contribution in [-0.4, -0.2) is 24.4 Å². The molecule has 0 spiro atoms. The first-order valence-corrected chi connectivity index (χ1v) is 7.02. The number of rotatable bonds is 5. The Kier molecular flexibility index (Phi) is 6.01. The van der Waals surface area contributed by atoms with Gasteiger partial charge in [-0.25, -0.2) is 0 Å². The van der Waals surface area contributed by atoms with Crippen LogP contribution in [0, 0.1) is 4.91 Å². The van der Waals surface area contributed by atoms with Gasteiger partial charge in [-0.3, -0.25) is 9.59 Å². The van der Waals surface area contributed by atoms with E-state index < -0.39 is 11.4 Å². The molecule has 23 heavy (non-hydrogen) atoms. The van der Waals surface area contributed by atoms with Crippen molar-refractivity contribution in [2.24, 2.45) is 5.34 Å².